The quantitative estimate of drug-likeness (QED) is 0.830. The summed E-state index contributed by atoms with van der Waals surface area (Å²) in [5, 5.41) is 5.16. The summed E-state index contributed by atoms with van der Waals surface area (Å²) in [5.41, 5.74) is 0. The summed E-state index contributed by atoms with van der Waals surface area (Å²) in [5.74, 6) is 0.866. The van der Waals surface area contributed by atoms with E-state index in [0.717, 1.165) is 20.7 Å². The first kappa shape index (κ1) is 13.9. The largest absolute Gasteiger partial charge is 0.312 e. The maximum atomic E-state index is 6.12. The molecule has 1 aromatic heterocycles. The van der Waals surface area contributed by atoms with Gasteiger partial charge in [-0.1, -0.05) is 23.7 Å². The lowest BCUT2D eigenvalue weighted by Crippen LogP contribution is -2.10. The lowest BCUT2D eigenvalue weighted by atomic mass is 10.3. The van der Waals surface area contributed by atoms with Gasteiger partial charge < -0.3 is 5.32 Å². The van der Waals surface area contributed by atoms with Crippen molar-refractivity contribution in [1.29, 1.82) is 0 Å². The lowest BCUT2D eigenvalue weighted by molar-refractivity contribution is 0.662. The Morgan fingerprint density at radius 2 is 2.22 bits per heavy atom. The summed E-state index contributed by atoms with van der Waals surface area (Å²) in [4.78, 5) is 6.82. The van der Waals surface area contributed by atoms with Crippen molar-refractivity contribution in [2.24, 2.45) is 0 Å². The van der Waals surface area contributed by atoms with Crippen LogP contribution in [0.1, 0.15) is 22.9 Å². The van der Waals surface area contributed by atoms with E-state index in [1.54, 1.807) is 23.1 Å². The predicted molar refractivity (Wildman–Crippen MR) is 80.6 cm³/mol. The molecule has 96 valence electrons. The minimum absolute atomic E-state index is 0.363. The van der Waals surface area contributed by atoms with E-state index in [1.165, 1.54) is 4.88 Å². The molecular weight excluding hydrogens is 284 g/mol. The first-order chi connectivity index (χ1) is 8.70. The van der Waals surface area contributed by atoms with Crippen molar-refractivity contribution in [3.05, 3.63) is 45.4 Å². The van der Waals surface area contributed by atoms with Crippen molar-refractivity contribution < 1.29 is 0 Å². The van der Waals surface area contributed by atoms with Gasteiger partial charge >= 0.3 is 0 Å². The third-order valence-electron chi connectivity index (χ3n) is 2.62. The molecule has 0 saturated heterocycles. The maximum absolute atomic E-state index is 6.12. The van der Waals surface area contributed by atoms with Gasteiger partial charge in [0.05, 0.1) is 10.8 Å². The Morgan fingerprint density at radius 3 is 2.94 bits per heavy atom. The number of benzene rings is 1. The molecule has 1 unspecified atom stereocenters. The molecule has 0 amide bonds. The van der Waals surface area contributed by atoms with E-state index in [4.69, 9.17) is 11.6 Å². The van der Waals surface area contributed by atoms with Crippen LogP contribution in [0.2, 0.25) is 5.02 Å². The van der Waals surface area contributed by atoms with E-state index in [1.807, 2.05) is 37.5 Å². The molecule has 5 heteroatoms. The molecule has 0 fully saturated rings. The fourth-order valence-corrected chi connectivity index (χ4v) is 3.66. The molecule has 0 aliphatic rings. The molecule has 0 aliphatic carbocycles. The highest BCUT2D eigenvalue weighted by atomic mass is 35.5. The summed E-state index contributed by atoms with van der Waals surface area (Å²) < 4.78 is 0. The number of thiazole rings is 1. The number of rotatable bonds is 5. The van der Waals surface area contributed by atoms with Crippen molar-refractivity contribution >= 4 is 34.7 Å². The van der Waals surface area contributed by atoms with Gasteiger partial charge in [-0.3, -0.25) is 0 Å². The van der Waals surface area contributed by atoms with Crippen molar-refractivity contribution in [2.75, 3.05) is 7.05 Å². The average molecular weight is 299 g/mol. The summed E-state index contributed by atoms with van der Waals surface area (Å²) in [6.07, 6.45) is 1.95. The SMILES string of the molecule is CNC(C)c1cnc(CSc2ccccc2Cl)s1. The Kier molecular flexibility index (Phi) is 5.06. The summed E-state index contributed by atoms with van der Waals surface area (Å²) >= 11 is 9.60. The van der Waals surface area contributed by atoms with Crippen LogP contribution in [-0.4, -0.2) is 12.0 Å². The second-order valence-corrected chi connectivity index (χ2v) is 6.46. The number of thioether (sulfide) groups is 1. The van der Waals surface area contributed by atoms with Crippen LogP contribution >= 0.6 is 34.7 Å². The number of nitrogens with one attached hydrogen (secondary N) is 1. The fourth-order valence-electron chi connectivity index (χ4n) is 1.43. The zero-order chi connectivity index (χ0) is 13.0. The first-order valence-corrected chi connectivity index (χ1v) is 7.88. The molecule has 18 heavy (non-hydrogen) atoms. The predicted octanol–water partition coefficient (Wildman–Crippen LogP) is 4.37. The Balaban J connectivity index is 1.98. The number of nitrogens with zero attached hydrogens (tertiary/aromatic N) is 1. The van der Waals surface area contributed by atoms with Gasteiger partial charge in [0, 0.05) is 22.0 Å². The Bertz CT molecular complexity index is 513. The number of aromatic nitrogens is 1. The van der Waals surface area contributed by atoms with Gasteiger partial charge in [0.15, 0.2) is 0 Å². The molecule has 0 saturated carbocycles. The molecule has 0 aliphatic heterocycles. The van der Waals surface area contributed by atoms with E-state index < -0.39 is 0 Å². The van der Waals surface area contributed by atoms with E-state index in [2.05, 4.69) is 17.2 Å². The zero-order valence-electron chi connectivity index (χ0n) is 10.3. The highest BCUT2D eigenvalue weighted by molar-refractivity contribution is 7.98. The molecule has 1 atom stereocenters. The summed E-state index contributed by atoms with van der Waals surface area (Å²) in [6.45, 7) is 2.14. The van der Waals surface area contributed by atoms with E-state index in [0.29, 0.717) is 6.04 Å². The number of hydrogen-bond acceptors (Lipinski definition) is 4. The van der Waals surface area contributed by atoms with Crippen LogP contribution in [-0.2, 0) is 5.75 Å². The maximum Gasteiger partial charge on any atom is 0.103 e. The average Bonchev–Trinajstić information content (AvgIpc) is 2.86. The Labute approximate surface area is 121 Å². The van der Waals surface area contributed by atoms with E-state index in [-0.39, 0.29) is 0 Å². The first-order valence-electron chi connectivity index (χ1n) is 5.70. The second-order valence-electron chi connectivity index (χ2n) is 3.89. The molecule has 2 aromatic rings. The van der Waals surface area contributed by atoms with Crippen LogP contribution in [0.25, 0.3) is 0 Å². The van der Waals surface area contributed by atoms with Crippen molar-refractivity contribution in [3.63, 3.8) is 0 Å². The topological polar surface area (TPSA) is 24.9 Å². The monoisotopic (exact) mass is 298 g/mol. The van der Waals surface area contributed by atoms with Gasteiger partial charge in [-0.25, -0.2) is 4.98 Å². The number of halogens is 1. The van der Waals surface area contributed by atoms with Crippen LogP contribution in [0, 0.1) is 0 Å². The highest BCUT2D eigenvalue weighted by Gasteiger charge is 2.08. The van der Waals surface area contributed by atoms with Gasteiger partial charge in [-0.05, 0) is 26.1 Å². The molecule has 0 spiro atoms. The van der Waals surface area contributed by atoms with Gasteiger partial charge in [-0.15, -0.1) is 23.1 Å². The minimum Gasteiger partial charge on any atom is -0.312 e. The Hall–Kier alpha value is -0.550. The molecule has 1 N–H and O–H groups in total. The summed E-state index contributed by atoms with van der Waals surface area (Å²) in [7, 11) is 1.96. The standard InChI is InChI=1S/C13H15ClN2S2/c1-9(15-2)12-7-16-13(18-12)8-17-11-6-4-3-5-10(11)14/h3-7,9,15H,8H2,1-2H3. The van der Waals surface area contributed by atoms with E-state index >= 15 is 0 Å². The van der Waals surface area contributed by atoms with Crippen LogP contribution in [0.4, 0.5) is 0 Å². The fraction of sp³-hybridized carbons (Fsp3) is 0.308. The molecule has 0 radical (unpaired) electrons. The van der Waals surface area contributed by atoms with Gasteiger partial charge in [0.1, 0.15) is 5.01 Å². The minimum atomic E-state index is 0.363. The second kappa shape index (κ2) is 6.57. The molecular formula is C13H15ClN2S2. The summed E-state index contributed by atoms with van der Waals surface area (Å²) in [6, 6.07) is 8.27. The van der Waals surface area contributed by atoms with Gasteiger partial charge in [0.25, 0.3) is 0 Å². The van der Waals surface area contributed by atoms with E-state index in [9.17, 15) is 0 Å². The smallest absolute Gasteiger partial charge is 0.103 e. The zero-order valence-corrected chi connectivity index (χ0v) is 12.7. The molecule has 2 rings (SSSR count). The third-order valence-corrected chi connectivity index (χ3v) is 5.51. The van der Waals surface area contributed by atoms with Crippen molar-refractivity contribution in [1.82, 2.24) is 10.3 Å². The van der Waals surface area contributed by atoms with Crippen LogP contribution in [0.5, 0.6) is 0 Å². The molecule has 1 aromatic carbocycles. The van der Waals surface area contributed by atoms with Crippen LogP contribution in [0.3, 0.4) is 0 Å². The lowest BCUT2D eigenvalue weighted by Gasteiger charge is -2.05. The molecule has 0 bridgehead atoms. The number of hydrogen-bond donors (Lipinski definition) is 1. The van der Waals surface area contributed by atoms with Gasteiger partial charge in [-0.2, -0.15) is 0 Å². The molecule has 2 nitrogen and oxygen atoms in total. The van der Waals surface area contributed by atoms with Crippen LogP contribution in [0.15, 0.2) is 35.4 Å². The normalized spacial score (nSPS) is 12.6. The van der Waals surface area contributed by atoms with Crippen molar-refractivity contribution in [2.45, 2.75) is 23.6 Å². The van der Waals surface area contributed by atoms with Crippen LogP contribution < -0.4 is 5.32 Å². The third kappa shape index (κ3) is 3.48. The molecule has 1 heterocycles. The van der Waals surface area contributed by atoms with Crippen molar-refractivity contribution in [3.8, 4) is 0 Å². The van der Waals surface area contributed by atoms with Gasteiger partial charge in [0.2, 0.25) is 0 Å². The Morgan fingerprint density at radius 1 is 1.44 bits per heavy atom. The highest BCUT2D eigenvalue weighted by Crippen LogP contribution is 2.31.